The van der Waals surface area contributed by atoms with Crippen molar-refractivity contribution in [3.63, 3.8) is 0 Å². The van der Waals surface area contributed by atoms with Crippen LogP contribution >= 0.6 is 23.5 Å². The molecular formula is C24H40S2. The SMILES string of the molecule is CCCCCCCc1ccc(C2CSC(CCCCCCC)SC2)cc1. The third-order valence-corrected chi connectivity index (χ3v) is 8.75. The molecule has 1 saturated heterocycles. The topological polar surface area (TPSA) is 0 Å². The Morgan fingerprint density at radius 3 is 1.92 bits per heavy atom. The second kappa shape index (κ2) is 14.0. The van der Waals surface area contributed by atoms with E-state index in [1.54, 1.807) is 5.56 Å². The molecule has 1 aromatic rings. The summed E-state index contributed by atoms with van der Waals surface area (Å²) in [5.41, 5.74) is 3.10. The third kappa shape index (κ3) is 8.74. The van der Waals surface area contributed by atoms with Crippen molar-refractivity contribution in [2.24, 2.45) is 0 Å². The first-order chi connectivity index (χ1) is 12.8. The van der Waals surface area contributed by atoms with Crippen molar-refractivity contribution in [3.05, 3.63) is 35.4 Å². The second-order valence-electron chi connectivity index (χ2n) is 7.90. The lowest BCUT2D eigenvalue weighted by atomic mass is 9.99. The molecule has 0 spiro atoms. The highest BCUT2D eigenvalue weighted by Crippen LogP contribution is 2.40. The summed E-state index contributed by atoms with van der Waals surface area (Å²) < 4.78 is 0.857. The standard InChI is InChI=1S/C24H40S2/c1-3-5-7-9-11-13-21-15-17-22(18-16-21)23-19-25-24(26-20-23)14-12-10-8-6-4-2/h15-18,23-24H,3-14,19-20H2,1-2H3. The average Bonchev–Trinajstić information content (AvgIpc) is 2.69. The van der Waals surface area contributed by atoms with Crippen LogP contribution < -0.4 is 0 Å². The lowest BCUT2D eigenvalue weighted by Gasteiger charge is -2.28. The van der Waals surface area contributed by atoms with E-state index in [4.69, 9.17) is 0 Å². The summed E-state index contributed by atoms with van der Waals surface area (Å²) >= 11 is 4.44. The zero-order chi connectivity index (χ0) is 18.5. The molecule has 2 heteroatoms. The first-order valence-electron chi connectivity index (χ1n) is 11.2. The highest BCUT2D eigenvalue weighted by molar-refractivity contribution is 8.17. The van der Waals surface area contributed by atoms with Crippen LogP contribution in [-0.4, -0.2) is 16.1 Å². The second-order valence-corrected chi connectivity index (χ2v) is 10.7. The summed E-state index contributed by atoms with van der Waals surface area (Å²) in [6, 6.07) is 9.62. The summed E-state index contributed by atoms with van der Waals surface area (Å²) in [7, 11) is 0. The number of hydrogen-bond acceptors (Lipinski definition) is 2. The van der Waals surface area contributed by atoms with Gasteiger partial charge in [0.2, 0.25) is 0 Å². The van der Waals surface area contributed by atoms with Gasteiger partial charge < -0.3 is 0 Å². The molecule has 0 N–H and O–H groups in total. The van der Waals surface area contributed by atoms with Crippen LogP contribution in [0.5, 0.6) is 0 Å². The van der Waals surface area contributed by atoms with Crippen molar-refractivity contribution in [2.75, 3.05) is 11.5 Å². The van der Waals surface area contributed by atoms with Crippen LogP contribution in [-0.2, 0) is 6.42 Å². The summed E-state index contributed by atoms with van der Waals surface area (Å²) in [4.78, 5) is 0. The minimum absolute atomic E-state index is 0.764. The van der Waals surface area contributed by atoms with Gasteiger partial charge in [0.05, 0.1) is 4.58 Å². The first kappa shape index (κ1) is 22.2. The van der Waals surface area contributed by atoms with E-state index in [1.165, 1.54) is 94.1 Å². The minimum atomic E-state index is 0.764. The summed E-state index contributed by atoms with van der Waals surface area (Å²) in [6.45, 7) is 4.59. The Morgan fingerprint density at radius 2 is 1.31 bits per heavy atom. The van der Waals surface area contributed by atoms with Gasteiger partial charge in [0.15, 0.2) is 0 Å². The highest BCUT2D eigenvalue weighted by atomic mass is 32.2. The summed E-state index contributed by atoms with van der Waals surface area (Å²) in [6.07, 6.45) is 16.7. The van der Waals surface area contributed by atoms with E-state index in [-0.39, 0.29) is 0 Å². The molecule has 0 radical (unpaired) electrons. The molecule has 0 amide bonds. The Kier molecular flexibility index (Phi) is 12.0. The maximum absolute atomic E-state index is 2.41. The molecule has 0 aromatic heterocycles. The zero-order valence-corrected chi connectivity index (χ0v) is 18.8. The number of hydrogen-bond donors (Lipinski definition) is 0. The Morgan fingerprint density at radius 1 is 0.731 bits per heavy atom. The molecule has 0 aliphatic carbocycles. The predicted molar refractivity (Wildman–Crippen MR) is 124 cm³/mol. The number of benzene rings is 1. The summed E-state index contributed by atoms with van der Waals surface area (Å²) in [5, 5.41) is 0. The fourth-order valence-electron chi connectivity index (χ4n) is 3.71. The van der Waals surface area contributed by atoms with Gasteiger partial charge in [-0.15, -0.1) is 23.5 Å². The Bertz CT molecular complexity index is 446. The van der Waals surface area contributed by atoms with Gasteiger partial charge >= 0.3 is 0 Å². The quantitative estimate of drug-likeness (QED) is 0.309. The summed E-state index contributed by atoms with van der Waals surface area (Å²) in [5.74, 6) is 3.41. The smallest absolute Gasteiger partial charge is 0.0502 e. The van der Waals surface area contributed by atoms with E-state index in [2.05, 4.69) is 61.6 Å². The molecular weight excluding hydrogens is 352 g/mol. The number of aryl methyl sites for hydroxylation is 1. The number of thioether (sulfide) groups is 2. The molecule has 1 fully saturated rings. The molecule has 0 nitrogen and oxygen atoms in total. The van der Waals surface area contributed by atoms with Crippen LogP contribution in [0.15, 0.2) is 24.3 Å². The normalized spacial score (nSPS) is 20.4. The van der Waals surface area contributed by atoms with Crippen LogP contribution in [0.25, 0.3) is 0 Å². The molecule has 26 heavy (non-hydrogen) atoms. The van der Waals surface area contributed by atoms with Gasteiger partial charge in [-0.3, -0.25) is 0 Å². The van der Waals surface area contributed by atoms with Crippen molar-refractivity contribution in [3.8, 4) is 0 Å². The minimum Gasteiger partial charge on any atom is -0.147 e. The van der Waals surface area contributed by atoms with Gasteiger partial charge in [-0.2, -0.15) is 0 Å². The van der Waals surface area contributed by atoms with Gasteiger partial charge in [0.25, 0.3) is 0 Å². The Hall–Kier alpha value is -0.0800. The fourth-order valence-corrected chi connectivity index (χ4v) is 6.89. The predicted octanol–water partition coefficient (Wildman–Crippen LogP) is 8.45. The van der Waals surface area contributed by atoms with Crippen LogP contribution in [0.3, 0.4) is 0 Å². The van der Waals surface area contributed by atoms with Gasteiger partial charge in [0, 0.05) is 17.4 Å². The van der Waals surface area contributed by atoms with E-state index < -0.39 is 0 Å². The monoisotopic (exact) mass is 392 g/mol. The maximum Gasteiger partial charge on any atom is 0.0502 e. The fraction of sp³-hybridized carbons (Fsp3) is 0.750. The molecule has 1 aliphatic rings. The van der Waals surface area contributed by atoms with Crippen LogP contribution in [0, 0.1) is 0 Å². The van der Waals surface area contributed by atoms with Crippen LogP contribution in [0.4, 0.5) is 0 Å². The van der Waals surface area contributed by atoms with Crippen LogP contribution in [0.2, 0.25) is 0 Å². The molecule has 2 rings (SSSR count). The van der Waals surface area contributed by atoms with Crippen molar-refractivity contribution in [1.29, 1.82) is 0 Å². The van der Waals surface area contributed by atoms with Crippen molar-refractivity contribution < 1.29 is 0 Å². The zero-order valence-electron chi connectivity index (χ0n) is 17.2. The van der Waals surface area contributed by atoms with Crippen molar-refractivity contribution in [1.82, 2.24) is 0 Å². The molecule has 0 atom stereocenters. The van der Waals surface area contributed by atoms with E-state index in [0.29, 0.717) is 0 Å². The molecule has 1 heterocycles. The van der Waals surface area contributed by atoms with Gasteiger partial charge in [0.1, 0.15) is 0 Å². The van der Waals surface area contributed by atoms with E-state index in [1.807, 2.05) is 0 Å². The molecule has 0 saturated carbocycles. The largest absolute Gasteiger partial charge is 0.147 e. The lowest BCUT2D eigenvalue weighted by Crippen LogP contribution is -2.16. The Labute approximate surface area is 171 Å². The maximum atomic E-state index is 2.41. The van der Waals surface area contributed by atoms with Crippen molar-refractivity contribution in [2.45, 2.75) is 101 Å². The van der Waals surface area contributed by atoms with Gasteiger partial charge in [-0.25, -0.2) is 0 Å². The first-order valence-corrected chi connectivity index (χ1v) is 13.2. The highest BCUT2D eigenvalue weighted by Gasteiger charge is 2.22. The molecule has 1 aromatic carbocycles. The Balaban J connectivity index is 1.62. The molecule has 0 unspecified atom stereocenters. The number of rotatable bonds is 13. The molecule has 148 valence electrons. The van der Waals surface area contributed by atoms with Crippen LogP contribution in [0.1, 0.15) is 102 Å². The van der Waals surface area contributed by atoms with E-state index in [0.717, 1.165) is 10.5 Å². The van der Waals surface area contributed by atoms with Crippen molar-refractivity contribution >= 4 is 23.5 Å². The lowest BCUT2D eigenvalue weighted by molar-refractivity contribution is 0.621. The molecule has 0 bridgehead atoms. The van der Waals surface area contributed by atoms with E-state index >= 15 is 0 Å². The van der Waals surface area contributed by atoms with Gasteiger partial charge in [-0.1, -0.05) is 95.9 Å². The number of unbranched alkanes of at least 4 members (excludes halogenated alkanes) is 8. The van der Waals surface area contributed by atoms with Gasteiger partial charge in [-0.05, 0) is 30.4 Å². The third-order valence-electron chi connectivity index (χ3n) is 5.53. The van der Waals surface area contributed by atoms with E-state index in [9.17, 15) is 0 Å². The molecule has 1 aliphatic heterocycles. The average molecular weight is 393 g/mol.